The Hall–Kier alpha value is -1.07. The molecule has 1 amide bonds. The minimum Gasteiger partial charge on any atom is -0.493 e. The summed E-state index contributed by atoms with van der Waals surface area (Å²) in [6.07, 6.45) is 0.231. The van der Waals surface area contributed by atoms with Crippen molar-refractivity contribution in [1.29, 1.82) is 0 Å². The maximum Gasteiger partial charge on any atom is 0.220 e. The lowest BCUT2D eigenvalue weighted by atomic mass is 10.2. The number of ether oxygens (including phenoxy) is 1. The molecule has 0 aromatic heterocycles. The van der Waals surface area contributed by atoms with E-state index in [9.17, 15) is 4.79 Å². The van der Waals surface area contributed by atoms with Gasteiger partial charge in [0.15, 0.2) is 0 Å². The second kappa shape index (κ2) is 6.50. The van der Waals surface area contributed by atoms with Gasteiger partial charge in [0.05, 0.1) is 13.0 Å². The highest BCUT2D eigenvalue weighted by Crippen LogP contribution is 2.23. The van der Waals surface area contributed by atoms with Crippen LogP contribution in [-0.2, 0) is 11.3 Å². The van der Waals surface area contributed by atoms with Gasteiger partial charge in [0.2, 0.25) is 5.91 Å². The van der Waals surface area contributed by atoms with Gasteiger partial charge in [0.1, 0.15) is 5.75 Å². The van der Waals surface area contributed by atoms with Crippen LogP contribution in [0.5, 0.6) is 5.75 Å². The number of nitrogens with one attached hydrogen (secondary N) is 1. The van der Waals surface area contributed by atoms with Crippen LogP contribution >= 0.6 is 15.9 Å². The number of nitrogens with two attached hydrogens (primary N) is 1. The summed E-state index contributed by atoms with van der Waals surface area (Å²) in [5.74, 6) is 0.422. The van der Waals surface area contributed by atoms with Gasteiger partial charge in [-0.15, -0.1) is 0 Å². The van der Waals surface area contributed by atoms with Crippen LogP contribution < -0.4 is 15.8 Å². The normalized spacial score (nSPS) is 10.1. The molecule has 0 saturated heterocycles. The molecule has 0 fully saturated rings. The number of halogens is 1. The molecule has 0 heterocycles. The van der Waals surface area contributed by atoms with E-state index in [1.54, 1.807) is 0 Å². The van der Waals surface area contributed by atoms with Gasteiger partial charge in [-0.3, -0.25) is 4.79 Å². The van der Waals surface area contributed by atoms with Crippen LogP contribution in [0.1, 0.15) is 12.0 Å². The second-order valence-corrected chi connectivity index (χ2v) is 4.26. The average Bonchev–Trinajstić information content (AvgIpc) is 2.21. The lowest BCUT2D eigenvalue weighted by Gasteiger charge is -2.11. The van der Waals surface area contributed by atoms with Crippen LogP contribution in [0.4, 0.5) is 0 Å². The molecule has 4 nitrogen and oxygen atoms in total. The number of hydrogen-bond donors (Lipinski definition) is 2. The first-order valence-corrected chi connectivity index (χ1v) is 5.77. The fraction of sp³-hybridized carbons (Fsp3) is 0.364. The zero-order chi connectivity index (χ0) is 12.0. The standard InChI is InChI=1S/C11H15BrN2O2/c1-14-7-8-6-9(12)2-3-10(8)16-5-4-11(13)15/h2-3,6,14H,4-5,7H2,1H3,(H2,13,15). The molecule has 0 saturated carbocycles. The number of rotatable bonds is 6. The Balaban J connectivity index is 2.66. The number of carbonyl (C=O) groups is 1. The highest BCUT2D eigenvalue weighted by Gasteiger charge is 2.04. The van der Waals surface area contributed by atoms with Crippen molar-refractivity contribution in [2.24, 2.45) is 5.73 Å². The number of hydrogen-bond acceptors (Lipinski definition) is 3. The minimum atomic E-state index is -0.354. The molecule has 0 unspecified atom stereocenters. The summed E-state index contributed by atoms with van der Waals surface area (Å²) in [7, 11) is 1.87. The van der Waals surface area contributed by atoms with E-state index >= 15 is 0 Å². The molecule has 0 radical (unpaired) electrons. The van der Waals surface area contributed by atoms with E-state index in [0.717, 1.165) is 15.8 Å². The lowest BCUT2D eigenvalue weighted by Crippen LogP contribution is -2.15. The summed E-state index contributed by atoms with van der Waals surface area (Å²) >= 11 is 3.40. The molecule has 0 aliphatic rings. The Morgan fingerprint density at radius 2 is 2.31 bits per heavy atom. The summed E-state index contributed by atoms with van der Waals surface area (Å²) in [5.41, 5.74) is 6.08. The summed E-state index contributed by atoms with van der Waals surface area (Å²) in [5, 5.41) is 3.06. The van der Waals surface area contributed by atoms with Gasteiger partial charge >= 0.3 is 0 Å². The third kappa shape index (κ3) is 4.20. The predicted molar refractivity (Wildman–Crippen MR) is 66.2 cm³/mol. The maximum absolute atomic E-state index is 10.6. The Morgan fingerprint density at radius 3 is 2.94 bits per heavy atom. The van der Waals surface area contributed by atoms with Gasteiger partial charge in [-0.2, -0.15) is 0 Å². The number of amides is 1. The smallest absolute Gasteiger partial charge is 0.220 e. The Bertz CT molecular complexity index is 369. The minimum absolute atomic E-state index is 0.231. The topological polar surface area (TPSA) is 64.3 Å². The van der Waals surface area contributed by atoms with E-state index < -0.39 is 0 Å². The Kier molecular flexibility index (Phi) is 5.28. The van der Waals surface area contributed by atoms with Gasteiger partial charge in [0.25, 0.3) is 0 Å². The highest BCUT2D eigenvalue weighted by molar-refractivity contribution is 9.10. The third-order valence-electron chi connectivity index (χ3n) is 2.00. The second-order valence-electron chi connectivity index (χ2n) is 3.35. The van der Waals surface area contributed by atoms with Crippen molar-refractivity contribution in [2.75, 3.05) is 13.7 Å². The zero-order valence-electron chi connectivity index (χ0n) is 9.13. The van der Waals surface area contributed by atoms with Crippen LogP contribution in [0.3, 0.4) is 0 Å². The molecule has 3 N–H and O–H groups in total. The van der Waals surface area contributed by atoms with E-state index in [2.05, 4.69) is 21.2 Å². The van der Waals surface area contributed by atoms with Crippen LogP contribution in [0.15, 0.2) is 22.7 Å². The first kappa shape index (κ1) is 13.0. The van der Waals surface area contributed by atoms with Crippen LogP contribution in [0, 0.1) is 0 Å². The summed E-state index contributed by atoms with van der Waals surface area (Å²) < 4.78 is 6.49. The fourth-order valence-electron chi connectivity index (χ4n) is 1.28. The largest absolute Gasteiger partial charge is 0.493 e. The van der Waals surface area contributed by atoms with Gasteiger partial charge in [-0.25, -0.2) is 0 Å². The molecule has 0 atom stereocenters. The number of benzene rings is 1. The number of primary amides is 1. The van der Waals surface area contributed by atoms with Crippen LogP contribution in [0.2, 0.25) is 0 Å². The van der Waals surface area contributed by atoms with E-state index in [0.29, 0.717) is 13.2 Å². The molecule has 1 rings (SSSR count). The lowest BCUT2D eigenvalue weighted by molar-refractivity contribution is -0.118. The van der Waals surface area contributed by atoms with Crippen molar-refractivity contribution in [3.63, 3.8) is 0 Å². The third-order valence-corrected chi connectivity index (χ3v) is 2.49. The van der Waals surface area contributed by atoms with Gasteiger partial charge < -0.3 is 15.8 Å². The predicted octanol–water partition coefficient (Wildman–Crippen LogP) is 1.42. The quantitative estimate of drug-likeness (QED) is 0.831. The molecule has 1 aromatic carbocycles. The van der Waals surface area contributed by atoms with Gasteiger partial charge in [-0.05, 0) is 25.2 Å². The van der Waals surface area contributed by atoms with Crippen LogP contribution in [0.25, 0.3) is 0 Å². The van der Waals surface area contributed by atoms with Crippen molar-refractivity contribution < 1.29 is 9.53 Å². The molecule has 0 aliphatic carbocycles. The zero-order valence-corrected chi connectivity index (χ0v) is 10.7. The molecule has 0 bridgehead atoms. The van der Waals surface area contributed by atoms with Gasteiger partial charge in [-0.1, -0.05) is 15.9 Å². The molecule has 1 aromatic rings. The van der Waals surface area contributed by atoms with Crippen molar-refractivity contribution >= 4 is 21.8 Å². The molecular formula is C11H15BrN2O2. The van der Waals surface area contributed by atoms with Crippen LogP contribution in [-0.4, -0.2) is 19.6 Å². The van der Waals surface area contributed by atoms with Crippen molar-refractivity contribution in [3.8, 4) is 5.75 Å². The monoisotopic (exact) mass is 286 g/mol. The molecular weight excluding hydrogens is 272 g/mol. The Morgan fingerprint density at radius 1 is 1.56 bits per heavy atom. The first-order chi connectivity index (χ1) is 7.63. The number of carbonyl (C=O) groups excluding carboxylic acids is 1. The summed E-state index contributed by atoms with van der Waals surface area (Å²) in [4.78, 5) is 10.6. The van der Waals surface area contributed by atoms with Crippen molar-refractivity contribution in [1.82, 2.24) is 5.32 Å². The van der Waals surface area contributed by atoms with Crippen molar-refractivity contribution in [2.45, 2.75) is 13.0 Å². The SMILES string of the molecule is CNCc1cc(Br)ccc1OCCC(N)=O. The molecule has 0 spiro atoms. The summed E-state index contributed by atoms with van der Waals surface area (Å²) in [6.45, 7) is 1.03. The van der Waals surface area contributed by atoms with E-state index in [-0.39, 0.29) is 12.3 Å². The first-order valence-electron chi connectivity index (χ1n) is 4.97. The van der Waals surface area contributed by atoms with Crippen molar-refractivity contribution in [3.05, 3.63) is 28.2 Å². The maximum atomic E-state index is 10.6. The van der Waals surface area contributed by atoms with E-state index in [1.165, 1.54) is 0 Å². The molecule has 88 valence electrons. The highest BCUT2D eigenvalue weighted by atomic mass is 79.9. The van der Waals surface area contributed by atoms with Gasteiger partial charge in [0, 0.05) is 16.6 Å². The average molecular weight is 287 g/mol. The fourth-order valence-corrected chi connectivity index (χ4v) is 1.69. The molecule has 5 heteroatoms. The molecule has 16 heavy (non-hydrogen) atoms. The Labute approximate surface area is 103 Å². The van der Waals surface area contributed by atoms with E-state index in [1.807, 2.05) is 25.2 Å². The van der Waals surface area contributed by atoms with E-state index in [4.69, 9.17) is 10.5 Å². The molecule has 0 aliphatic heterocycles. The summed E-state index contributed by atoms with van der Waals surface area (Å²) in [6, 6.07) is 5.76.